The summed E-state index contributed by atoms with van der Waals surface area (Å²) in [5.74, 6) is 0.746. The fraction of sp³-hybridized carbons (Fsp3) is 0.588. The molecule has 1 aliphatic rings. The fourth-order valence-electron chi connectivity index (χ4n) is 3.21. The summed E-state index contributed by atoms with van der Waals surface area (Å²) < 4.78 is 3.85. The van der Waals surface area contributed by atoms with E-state index in [-0.39, 0.29) is 24.5 Å². The topological polar surface area (TPSA) is 76.8 Å². The zero-order chi connectivity index (χ0) is 16.9. The van der Waals surface area contributed by atoms with Gasteiger partial charge in [0.05, 0.1) is 24.8 Å². The lowest BCUT2D eigenvalue weighted by molar-refractivity contribution is -0.115. The summed E-state index contributed by atoms with van der Waals surface area (Å²) >= 11 is 0. The standard InChI is InChI=1S/C17H26N6O/c1-13(14(2)22-11-5-9-19-22)18-12-17(24)21-16-8-10-20-23(16)15-6-3-4-7-15/h5,8-11,13-15,18H,3-4,6-7,12H2,1-2H3,(H,21,24). The Balaban J connectivity index is 1.50. The summed E-state index contributed by atoms with van der Waals surface area (Å²) in [5.41, 5.74) is 0. The fourth-order valence-corrected chi connectivity index (χ4v) is 3.21. The van der Waals surface area contributed by atoms with Crippen molar-refractivity contribution < 1.29 is 4.79 Å². The van der Waals surface area contributed by atoms with Gasteiger partial charge in [0.1, 0.15) is 5.82 Å². The number of rotatable bonds is 7. The molecule has 2 aromatic rings. The summed E-state index contributed by atoms with van der Waals surface area (Å²) in [6.45, 7) is 4.41. The van der Waals surface area contributed by atoms with Crippen LogP contribution in [0.4, 0.5) is 5.82 Å². The van der Waals surface area contributed by atoms with Crippen molar-refractivity contribution >= 4 is 11.7 Å². The van der Waals surface area contributed by atoms with Gasteiger partial charge in [-0.3, -0.25) is 9.48 Å². The third-order valence-corrected chi connectivity index (χ3v) is 4.86. The number of hydrogen-bond donors (Lipinski definition) is 2. The smallest absolute Gasteiger partial charge is 0.239 e. The van der Waals surface area contributed by atoms with Crippen molar-refractivity contribution in [1.82, 2.24) is 24.9 Å². The van der Waals surface area contributed by atoms with Gasteiger partial charge in [0, 0.05) is 24.5 Å². The normalized spacial score (nSPS) is 17.8. The zero-order valence-corrected chi connectivity index (χ0v) is 14.4. The van der Waals surface area contributed by atoms with E-state index in [1.54, 1.807) is 12.4 Å². The van der Waals surface area contributed by atoms with Crippen molar-refractivity contribution in [2.75, 3.05) is 11.9 Å². The van der Waals surface area contributed by atoms with Gasteiger partial charge in [-0.1, -0.05) is 12.8 Å². The Morgan fingerprint density at radius 2 is 2.08 bits per heavy atom. The van der Waals surface area contributed by atoms with E-state index in [4.69, 9.17) is 0 Å². The van der Waals surface area contributed by atoms with Crippen LogP contribution < -0.4 is 10.6 Å². The number of amides is 1. The molecule has 0 spiro atoms. The van der Waals surface area contributed by atoms with Gasteiger partial charge < -0.3 is 10.6 Å². The summed E-state index contributed by atoms with van der Waals surface area (Å²) in [7, 11) is 0. The van der Waals surface area contributed by atoms with Crippen LogP contribution in [-0.4, -0.2) is 38.1 Å². The van der Waals surface area contributed by atoms with Gasteiger partial charge in [-0.15, -0.1) is 0 Å². The molecular formula is C17H26N6O. The highest BCUT2D eigenvalue weighted by molar-refractivity contribution is 5.91. The molecule has 7 nitrogen and oxygen atoms in total. The number of hydrogen-bond acceptors (Lipinski definition) is 4. The maximum absolute atomic E-state index is 12.3. The first-order valence-corrected chi connectivity index (χ1v) is 8.71. The minimum Gasteiger partial charge on any atom is -0.310 e. The minimum atomic E-state index is -0.0470. The molecule has 0 bridgehead atoms. The van der Waals surface area contributed by atoms with Crippen LogP contribution in [0, 0.1) is 0 Å². The molecule has 1 aliphatic carbocycles. The van der Waals surface area contributed by atoms with E-state index in [0.29, 0.717) is 6.04 Å². The van der Waals surface area contributed by atoms with Gasteiger partial charge in [0.2, 0.25) is 5.91 Å². The number of nitrogens with one attached hydrogen (secondary N) is 2. The number of anilines is 1. The average molecular weight is 330 g/mol. The van der Waals surface area contributed by atoms with Crippen LogP contribution in [0.3, 0.4) is 0 Å². The lowest BCUT2D eigenvalue weighted by Gasteiger charge is -2.21. The molecule has 1 fully saturated rings. The second-order valence-corrected chi connectivity index (χ2v) is 6.54. The molecule has 0 radical (unpaired) electrons. The molecule has 2 atom stereocenters. The Morgan fingerprint density at radius 3 is 2.79 bits per heavy atom. The highest BCUT2D eigenvalue weighted by atomic mass is 16.2. The van der Waals surface area contributed by atoms with Gasteiger partial charge in [-0.25, -0.2) is 4.68 Å². The highest BCUT2D eigenvalue weighted by Gasteiger charge is 2.21. The monoisotopic (exact) mass is 330 g/mol. The molecule has 1 amide bonds. The second kappa shape index (κ2) is 7.61. The van der Waals surface area contributed by atoms with E-state index >= 15 is 0 Å². The number of carbonyl (C=O) groups excluding carboxylic acids is 1. The van der Waals surface area contributed by atoms with Crippen LogP contribution in [0.25, 0.3) is 0 Å². The molecule has 3 rings (SSSR count). The molecule has 7 heteroatoms. The van der Waals surface area contributed by atoms with Gasteiger partial charge in [0.25, 0.3) is 0 Å². The molecule has 2 N–H and O–H groups in total. The van der Waals surface area contributed by atoms with Gasteiger partial charge in [-0.05, 0) is 32.8 Å². The van der Waals surface area contributed by atoms with Crippen molar-refractivity contribution in [1.29, 1.82) is 0 Å². The molecule has 0 saturated heterocycles. The number of aromatic nitrogens is 4. The first kappa shape index (κ1) is 16.7. The van der Waals surface area contributed by atoms with E-state index in [1.807, 2.05) is 27.7 Å². The molecule has 1 saturated carbocycles. The van der Waals surface area contributed by atoms with Crippen LogP contribution in [0.15, 0.2) is 30.7 Å². The molecule has 130 valence electrons. The summed E-state index contributed by atoms with van der Waals surface area (Å²) in [5, 5.41) is 14.9. The van der Waals surface area contributed by atoms with Crippen LogP contribution in [0.1, 0.15) is 51.6 Å². The molecular weight excluding hydrogens is 304 g/mol. The summed E-state index contributed by atoms with van der Waals surface area (Å²) in [4.78, 5) is 12.3. The Bertz CT molecular complexity index is 644. The quantitative estimate of drug-likeness (QED) is 0.817. The van der Waals surface area contributed by atoms with Gasteiger partial charge >= 0.3 is 0 Å². The van der Waals surface area contributed by atoms with Gasteiger partial charge in [-0.2, -0.15) is 10.2 Å². The van der Waals surface area contributed by atoms with Crippen molar-refractivity contribution in [3.63, 3.8) is 0 Å². The number of carbonyl (C=O) groups is 1. The first-order chi connectivity index (χ1) is 11.6. The van der Waals surface area contributed by atoms with Crippen LogP contribution in [0.2, 0.25) is 0 Å². The van der Waals surface area contributed by atoms with E-state index in [1.165, 1.54) is 12.8 Å². The van der Waals surface area contributed by atoms with Crippen molar-refractivity contribution in [3.8, 4) is 0 Å². The van der Waals surface area contributed by atoms with E-state index in [2.05, 4.69) is 34.7 Å². The van der Waals surface area contributed by atoms with Gasteiger partial charge in [0.15, 0.2) is 0 Å². The van der Waals surface area contributed by atoms with E-state index in [9.17, 15) is 4.79 Å². The third-order valence-electron chi connectivity index (χ3n) is 4.86. The Morgan fingerprint density at radius 1 is 1.29 bits per heavy atom. The van der Waals surface area contributed by atoms with Crippen molar-refractivity contribution in [3.05, 3.63) is 30.7 Å². The summed E-state index contributed by atoms with van der Waals surface area (Å²) in [6.07, 6.45) is 10.2. The lowest BCUT2D eigenvalue weighted by atomic mass is 10.2. The SMILES string of the molecule is CC(NCC(=O)Nc1ccnn1C1CCCC1)C(C)n1cccn1. The number of nitrogens with zero attached hydrogens (tertiary/aromatic N) is 4. The molecule has 0 aliphatic heterocycles. The molecule has 2 aromatic heterocycles. The van der Waals surface area contributed by atoms with E-state index < -0.39 is 0 Å². The molecule has 0 aromatic carbocycles. The Kier molecular flexibility index (Phi) is 5.30. The summed E-state index contributed by atoms with van der Waals surface area (Å²) in [6, 6.07) is 4.50. The van der Waals surface area contributed by atoms with E-state index in [0.717, 1.165) is 18.7 Å². The highest BCUT2D eigenvalue weighted by Crippen LogP contribution is 2.31. The molecule has 2 unspecified atom stereocenters. The maximum Gasteiger partial charge on any atom is 0.239 e. The Labute approximate surface area is 142 Å². The first-order valence-electron chi connectivity index (χ1n) is 8.71. The zero-order valence-electron chi connectivity index (χ0n) is 14.4. The van der Waals surface area contributed by atoms with Crippen LogP contribution in [-0.2, 0) is 4.79 Å². The second-order valence-electron chi connectivity index (χ2n) is 6.54. The predicted octanol–water partition coefficient (Wildman–Crippen LogP) is 2.37. The third kappa shape index (κ3) is 3.84. The molecule has 2 heterocycles. The van der Waals surface area contributed by atoms with Crippen LogP contribution in [0.5, 0.6) is 0 Å². The van der Waals surface area contributed by atoms with Crippen molar-refractivity contribution in [2.24, 2.45) is 0 Å². The molecule has 24 heavy (non-hydrogen) atoms. The largest absolute Gasteiger partial charge is 0.310 e. The average Bonchev–Trinajstić information content (AvgIpc) is 3.32. The lowest BCUT2D eigenvalue weighted by Crippen LogP contribution is -2.39. The van der Waals surface area contributed by atoms with Crippen molar-refractivity contribution in [2.45, 2.75) is 57.7 Å². The maximum atomic E-state index is 12.3. The van der Waals surface area contributed by atoms with Crippen LogP contribution >= 0.6 is 0 Å². The Hall–Kier alpha value is -2.15. The predicted molar refractivity (Wildman–Crippen MR) is 92.8 cm³/mol. The minimum absolute atomic E-state index is 0.0470.